The fourth-order valence-corrected chi connectivity index (χ4v) is 3.53. The number of nitrogens with zero attached hydrogens (tertiary/aromatic N) is 1. The molecule has 0 aromatic heterocycles. The Morgan fingerprint density at radius 3 is 2.61 bits per heavy atom. The Morgan fingerprint density at radius 1 is 1.21 bits per heavy atom. The Bertz CT molecular complexity index is 866. The van der Waals surface area contributed by atoms with Gasteiger partial charge in [-0.3, -0.25) is 9.69 Å². The molecule has 0 radical (unpaired) electrons. The first kappa shape index (κ1) is 20.3. The molecule has 1 N–H and O–H groups in total. The van der Waals surface area contributed by atoms with Gasteiger partial charge in [0.05, 0.1) is 17.7 Å². The summed E-state index contributed by atoms with van der Waals surface area (Å²) in [6.45, 7) is 1.99. The highest BCUT2D eigenvalue weighted by molar-refractivity contribution is 6.33. The molecular formula is C21H22ClFN2O3. The maximum Gasteiger partial charge on any atom is 0.339 e. The van der Waals surface area contributed by atoms with Crippen LogP contribution in [0, 0.1) is 11.7 Å². The normalized spacial score (nSPS) is 15.2. The summed E-state index contributed by atoms with van der Waals surface area (Å²) in [6.07, 6.45) is 1.38. The molecule has 1 aliphatic heterocycles. The Morgan fingerprint density at radius 2 is 1.93 bits per heavy atom. The number of benzene rings is 2. The number of carbonyl (C=O) groups is 2. The van der Waals surface area contributed by atoms with E-state index in [1.807, 2.05) is 6.07 Å². The maximum atomic E-state index is 13.8. The summed E-state index contributed by atoms with van der Waals surface area (Å²) in [5.41, 5.74) is 1.38. The lowest BCUT2D eigenvalue weighted by Gasteiger charge is -2.31. The van der Waals surface area contributed by atoms with Crippen molar-refractivity contribution in [3.63, 3.8) is 0 Å². The number of carbonyl (C=O) groups excluding carboxylic acids is 2. The molecule has 3 rings (SSSR count). The number of hydrogen-bond donors (Lipinski definition) is 1. The highest BCUT2D eigenvalue weighted by Gasteiger charge is 2.25. The maximum absolute atomic E-state index is 13.8. The summed E-state index contributed by atoms with van der Waals surface area (Å²) in [5, 5.41) is 3.12. The lowest BCUT2D eigenvalue weighted by atomic mass is 9.95. The van der Waals surface area contributed by atoms with Gasteiger partial charge in [0.25, 0.3) is 0 Å². The molecule has 0 bridgehead atoms. The molecule has 2 aromatic carbocycles. The standard InChI is InChI=1S/C21H22ClFN2O3/c1-28-21(27)17-12-16(6-7-18(17)22)24-20(26)14-8-10-25(11-9-14)13-15-4-2-3-5-19(15)23/h2-7,12,14H,8-11,13H2,1H3,(H,24,26). The summed E-state index contributed by atoms with van der Waals surface area (Å²) < 4.78 is 18.5. The summed E-state index contributed by atoms with van der Waals surface area (Å²) in [7, 11) is 1.28. The largest absolute Gasteiger partial charge is 0.465 e. The Balaban J connectivity index is 1.56. The molecule has 0 atom stereocenters. The molecule has 7 heteroatoms. The number of hydrogen-bond acceptors (Lipinski definition) is 4. The average Bonchev–Trinajstić information content (AvgIpc) is 2.71. The molecule has 1 heterocycles. The first-order valence-electron chi connectivity index (χ1n) is 9.12. The molecule has 1 saturated heterocycles. The molecule has 0 aliphatic carbocycles. The zero-order valence-electron chi connectivity index (χ0n) is 15.6. The average molecular weight is 405 g/mol. The smallest absolute Gasteiger partial charge is 0.339 e. The summed E-state index contributed by atoms with van der Waals surface area (Å²) in [4.78, 5) is 26.5. The summed E-state index contributed by atoms with van der Waals surface area (Å²) in [6, 6.07) is 11.5. The zero-order chi connectivity index (χ0) is 20.1. The molecule has 28 heavy (non-hydrogen) atoms. The summed E-state index contributed by atoms with van der Waals surface area (Å²) >= 11 is 6.00. The molecule has 0 unspecified atom stereocenters. The van der Waals surface area contributed by atoms with Crippen LogP contribution in [0.5, 0.6) is 0 Å². The van der Waals surface area contributed by atoms with Crippen molar-refractivity contribution in [2.45, 2.75) is 19.4 Å². The van der Waals surface area contributed by atoms with Gasteiger partial charge in [0.1, 0.15) is 5.82 Å². The van der Waals surface area contributed by atoms with Crippen molar-refractivity contribution in [1.29, 1.82) is 0 Å². The van der Waals surface area contributed by atoms with E-state index in [9.17, 15) is 14.0 Å². The van der Waals surface area contributed by atoms with Crippen molar-refractivity contribution in [3.05, 3.63) is 64.4 Å². The fraction of sp³-hybridized carbons (Fsp3) is 0.333. The van der Waals surface area contributed by atoms with Gasteiger partial charge in [0, 0.05) is 23.7 Å². The minimum absolute atomic E-state index is 0.0938. The number of methoxy groups -OCH3 is 1. The number of nitrogens with one attached hydrogen (secondary N) is 1. The lowest BCUT2D eigenvalue weighted by Crippen LogP contribution is -2.37. The van der Waals surface area contributed by atoms with E-state index < -0.39 is 5.97 Å². The molecular weight excluding hydrogens is 383 g/mol. The van der Waals surface area contributed by atoms with Crippen LogP contribution in [-0.2, 0) is 16.1 Å². The van der Waals surface area contributed by atoms with Crippen LogP contribution < -0.4 is 5.32 Å². The molecule has 1 fully saturated rings. The van der Waals surface area contributed by atoms with Gasteiger partial charge in [-0.05, 0) is 50.2 Å². The van der Waals surface area contributed by atoms with Crippen molar-refractivity contribution in [3.8, 4) is 0 Å². The molecule has 148 valence electrons. The van der Waals surface area contributed by atoms with E-state index in [0.29, 0.717) is 30.6 Å². The number of amides is 1. The SMILES string of the molecule is COC(=O)c1cc(NC(=O)C2CCN(Cc3ccccc3F)CC2)ccc1Cl. The van der Waals surface area contributed by atoms with Gasteiger partial charge < -0.3 is 10.1 Å². The van der Waals surface area contributed by atoms with Crippen LogP contribution in [-0.4, -0.2) is 37.0 Å². The van der Waals surface area contributed by atoms with Crippen LogP contribution in [0.25, 0.3) is 0 Å². The highest BCUT2D eigenvalue weighted by Crippen LogP contribution is 2.24. The van der Waals surface area contributed by atoms with Crippen LogP contribution in [0.4, 0.5) is 10.1 Å². The molecule has 1 amide bonds. The third kappa shape index (κ3) is 4.88. The monoisotopic (exact) mass is 404 g/mol. The predicted molar refractivity (Wildman–Crippen MR) is 106 cm³/mol. The molecule has 0 spiro atoms. The second-order valence-corrected chi connectivity index (χ2v) is 7.22. The van der Waals surface area contributed by atoms with Gasteiger partial charge in [0.15, 0.2) is 0 Å². The third-order valence-corrected chi connectivity index (χ3v) is 5.28. The topological polar surface area (TPSA) is 58.6 Å². The first-order chi connectivity index (χ1) is 13.5. The minimum atomic E-state index is -0.553. The molecule has 0 saturated carbocycles. The van der Waals surface area contributed by atoms with E-state index in [2.05, 4.69) is 10.2 Å². The van der Waals surface area contributed by atoms with Crippen LogP contribution in [0.2, 0.25) is 5.02 Å². The molecule has 5 nitrogen and oxygen atoms in total. The number of anilines is 1. The van der Waals surface area contributed by atoms with Crippen LogP contribution in [0.15, 0.2) is 42.5 Å². The first-order valence-corrected chi connectivity index (χ1v) is 9.50. The number of halogens is 2. The van der Waals surface area contributed by atoms with E-state index in [4.69, 9.17) is 16.3 Å². The van der Waals surface area contributed by atoms with Crippen LogP contribution >= 0.6 is 11.6 Å². The van der Waals surface area contributed by atoms with E-state index in [1.165, 1.54) is 19.2 Å². The van der Waals surface area contributed by atoms with Crippen molar-refractivity contribution in [2.75, 3.05) is 25.5 Å². The minimum Gasteiger partial charge on any atom is -0.465 e. The number of rotatable bonds is 5. The van der Waals surface area contributed by atoms with E-state index in [1.54, 1.807) is 24.3 Å². The van der Waals surface area contributed by atoms with E-state index in [0.717, 1.165) is 13.1 Å². The van der Waals surface area contributed by atoms with Crippen molar-refractivity contribution >= 4 is 29.2 Å². The second-order valence-electron chi connectivity index (χ2n) is 6.82. The van der Waals surface area contributed by atoms with Crippen LogP contribution in [0.3, 0.4) is 0 Å². The predicted octanol–water partition coefficient (Wildman–Crippen LogP) is 4.12. The second kappa shape index (κ2) is 9.17. The number of esters is 1. The highest BCUT2D eigenvalue weighted by atomic mass is 35.5. The van der Waals surface area contributed by atoms with Gasteiger partial charge in [-0.2, -0.15) is 0 Å². The zero-order valence-corrected chi connectivity index (χ0v) is 16.3. The Kier molecular flexibility index (Phi) is 6.65. The van der Waals surface area contributed by atoms with E-state index in [-0.39, 0.29) is 28.2 Å². The third-order valence-electron chi connectivity index (χ3n) is 4.95. The van der Waals surface area contributed by atoms with E-state index >= 15 is 0 Å². The Labute approximate surface area is 168 Å². The van der Waals surface area contributed by atoms with Crippen molar-refractivity contribution < 1.29 is 18.7 Å². The van der Waals surface area contributed by atoms with Gasteiger partial charge in [0.2, 0.25) is 5.91 Å². The Hall–Kier alpha value is -2.44. The van der Waals surface area contributed by atoms with Crippen molar-refractivity contribution in [1.82, 2.24) is 4.90 Å². The fourth-order valence-electron chi connectivity index (χ4n) is 3.33. The molecule has 1 aliphatic rings. The summed E-state index contributed by atoms with van der Waals surface area (Å²) in [5.74, 6) is -0.980. The quantitative estimate of drug-likeness (QED) is 0.762. The van der Waals surface area contributed by atoms with Crippen molar-refractivity contribution in [2.24, 2.45) is 5.92 Å². The lowest BCUT2D eigenvalue weighted by molar-refractivity contribution is -0.121. The van der Waals surface area contributed by atoms with Gasteiger partial charge in [-0.25, -0.2) is 9.18 Å². The number of piperidine rings is 1. The molecule has 2 aromatic rings. The van der Waals surface area contributed by atoms with Gasteiger partial charge in [-0.1, -0.05) is 29.8 Å². The van der Waals surface area contributed by atoms with Gasteiger partial charge in [-0.15, -0.1) is 0 Å². The van der Waals surface area contributed by atoms with Gasteiger partial charge >= 0.3 is 5.97 Å². The number of likely N-dealkylation sites (tertiary alicyclic amines) is 1. The number of ether oxygens (including phenoxy) is 1. The van der Waals surface area contributed by atoms with Crippen LogP contribution in [0.1, 0.15) is 28.8 Å².